The number of rotatable bonds is 7. The summed E-state index contributed by atoms with van der Waals surface area (Å²) in [7, 11) is -0.995. The molecular formula is C31H32ClF3N3O7S+. The molecule has 1 fully saturated rings. The molecule has 4 atom stereocenters. The molecule has 2 aliphatic heterocycles. The van der Waals surface area contributed by atoms with Gasteiger partial charge in [-0.15, -0.1) is 13.2 Å². The van der Waals surface area contributed by atoms with E-state index in [-0.39, 0.29) is 35.0 Å². The fraction of sp³-hybridized carbons (Fsp3) is 0.355. The Kier molecular flexibility index (Phi) is 8.33. The maximum absolute atomic E-state index is 15.3. The number of ether oxygens (including phenoxy) is 2. The molecule has 15 heteroatoms. The number of amides is 2. The summed E-state index contributed by atoms with van der Waals surface area (Å²) >= 11 is 6.50. The van der Waals surface area contributed by atoms with Gasteiger partial charge in [-0.25, -0.2) is 8.42 Å². The van der Waals surface area contributed by atoms with E-state index >= 15 is 4.79 Å². The molecule has 0 radical (unpaired) electrons. The molecule has 2 aliphatic rings. The van der Waals surface area contributed by atoms with Crippen LogP contribution in [-0.4, -0.2) is 76.1 Å². The zero-order chi connectivity index (χ0) is 34.0. The van der Waals surface area contributed by atoms with Crippen molar-refractivity contribution in [3.05, 3.63) is 81.9 Å². The van der Waals surface area contributed by atoms with Gasteiger partial charge >= 0.3 is 12.3 Å². The molecule has 0 bridgehead atoms. The molecule has 0 aromatic heterocycles. The van der Waals surface area contributed by atoms with Crippen LogP contribution in [0.25, 0.3) is 0 Å². The zero-order valence-corrected chi connectivity index (χ0v) is 27.0. The number of carbonyl (C=O) groups is 2. The molecule has 10 nitrogen and oxygen atoms in total. The summed E-state index contributed by atoms with van der Waals surface area (Å²) in [5.74, 6) is -2.81. The Balaban J connectivity index is 1.89. The van der Waals surface area contributed by atoms with Gasteiger partial charge in [0.25, 0.3) is 15.9 Å². The lowest BCUT2D eigenvalue weighted by Crippen LogP contribution is -2.69. The largest absolute Gasteiger partial charge is 0.573 e. The van der Waals surface area contributed by atoms with Crippen molar-refractivity contribution in [3.63, 3.8) is 0 Å². The SMILES string of the molecule is CNC(=O)[C@@H]1C[C@@H](O)C[N+]1(C)C1(c2cc(C)ccc2C)C(=O)N(S(=O)(=O)c2ccc(OC)cc2OC(F)(F)F)c2ccc(Cl)cc21. The van der Waals surface area contributed by atoms with Gasteiger partial charge in [0.05, 0.1) is 25.4 Å². The number of carbonyl (C=O) groups excluding carboxylic acids is 2. The van der Waals surface area contributed by atoms with Gasteiger partial charge in [0.2, 0.25) is 5.54 Å². The Bertz CT molecular complexity index is 1860. The summed E-state index contributed by atoms with van der Waals surface area (Å²) in [5, 5.41) is 13.7. The number of sulfonamides is 1. The summed E-state index contributed by atoms with van der Waals surface area (Å²) in [5.41, 5.74) is -0.497. The molecule has 46 heavy (non-hydrogen) atoms. The summed E-state index contributed by atoms with van der Waals surface area (Å²) in [4.78, 5) is 27.8. The number of benzene rings is 3. The number of aliphatic hydroxyl groups is 1. The van der Waals surface area contributed by atoms with Crippen molar-refractivity contribution in [3.8, 4) is 11.5 Å². The number of quaternary nitrogens is 1. The third-order valence-corrected chi connectivity index (χ3v) is 10.8. The second-order valence-electron chi connectivity index (χ2n) is 11.6. The number of anilines is 1. The second-order valence-corrected chi connectivity index (χ2v) is 13.8. The maximum Gasteiger partial charge on any atom is 0.573 e. The average Bonchev–Trinajstić information content (AvgIpc) is 3.43. The first-order valence-electron chi connectivity index (χ1n) is 14.1. The fourth-order valence-corrected chi connectivity index (χ4v) is 8.64. The summed E-state index contributed by atoms with van der Waals surface area (Å²) in [6.45, 7) is 3.34. The number of likely N-dealkylation sites (N-methyl/N-ethyl adjacent to an activating group) is 2. The Morgan fingerprint density at radius 3 is 2.43 bits per heavy atom. The summed E-state index contributed by atoms with van der Waals surface area (Å²) in [6, 6.07) is 11.0. The Morgan fingerprint density at radius 2 is 1.80 bits per heavy atom. The number of alkyl halides is 3. The van der Waals surface area contributed by atoms with E-state index < -0.39 is 61.0 Å². The lowest BCUT2D eigenvalue weighted by atomic mass is 9.77. The minimum Gasteiger partial charge on any atom is -0.497 e. The summed E-state index contributed by atoms with van der Waals surface area (Å²) < 4.78 is 78.8. The minimum absolute atomic E-state index is 0.0548. The summed E-state index contributed by atoms with van der Waals surface area (Å²) in [6.07, 6.45) is -6.41. The highest BCUT2D eigenvalue weighted by atomic mass is 35.5. The first-order valence-corrected chi connectivity index (χ1v) is 15.9. The number of aliphatic hydroxyl groups excluding tert-OH is 1. The molecule has 2 heterocycles. The highest BCUT2D eigenvalue weighted by Gasteiger charge is 2.71. The number of halogens is 4. The highest BCUT2D eigenvalue weighted by molar-refractivity contribution is 7.93. The van der Waals surface area contributed by atoms with Gasteiger partial charge in [0, 0.05) is 30.1 Å². The predicted octanol–water partition coefficient (Wildman–Crippen LogP) is 4.17. The number of nitrogens with zero attached hydrogens (tertiary/aromatic N) is 2. The van der Waals surface area contributed by atoms with Gasteiger partial charge in [-0.05, 0) is 55.8 Å². The zero-order valence-electron chi connectivity index (χ0n) is 25.5. The Labute approximate surface area is 268 Å². The minimum atomic E-state index is -5.29. The Hall–Kier alpha value is -3.85. The number of nitrogens with one attached hydrogen (secondary N) is 1. The normalized spacial score (nSPS) is 24.6. The van der Waals surface area contributed by atoms with Gasteiger partial charge in [-0.3, -0.25) is 14.1 Å². The number of aryl methyl sites for hydroxylation is 2. The van der Waals surface area contributed by atoms with Crippen LogP contribution in [-0.2, 0) is 25.2 Å². The third-order valence-electron chi connectivity index (χ3n) is 8.83. The first-order chi connectivity index (χ1) is 21.4. The van der Waals surface area contributed by atoms with Crippen LogP contribution in [0.15, 0.2) is 59.5 Å². The topological polar surface area (TPSA) is 122 Å². The van der Waals surface area contributed by atoms with Crippen molar-refractivity contribution in [2.24, 2.45) is 0 Å². The van der Waals surface area contributed by atoms with E-state index in [1.807, 2.05) is 0 Å². The molecule has 1 saturated heterocycles. The van der Waals surface area contributed by atoms with E-state index in [0.29, 0.717) is 21.0 Å². The molecular weight excluding hydrogens is 651 g/mol. The smallest absolute Gasteiger partial charge is 0.497 e. The van der Waals surface area contributed by atoms with E-state index in [1.54, 1.807) is 39.1 Å². The molecule has 2 unspecified atom stereocenters. The van der Waals surface area contributed by atoms with Gasteiger partial charge in [0.15, 0.2) is 11.8 Å². The van der Waals surface area contributed by atoms with E-state index in [1.165, 1.54) is 32.4 Å². The van der Waals surface area contributed by atoms with Crippen LogP contribution in [0.2, 0.25) is 5.02 Å². The molecule has 0 spiro atoms. The monoisotopic (exact) mass is 682 g/mol. The lowest BCUT2D eigenvalue weighted by Gasteiger charge is -2.49. The van der Waals surface area contributed by atoms with Gasteiger partial charge in [0.1, 0.15) is 23.3 Å². The molecule has 2 N–H and O–H groups in total. The van der Waals surface area contributed by atoms with Crippen LogP contribution >= 0.6 is 11.6 Å². The number of likely N-dealkylation sites (tertiary alicyclic amines) is 1. The maximum atomic E-state index is 15.3. The molecule has 0 aliphatic carbocycles. The molecule has 246 valence electrons. The second kappa shape index (κ2) is 11.4. The number of fused-ring (bicyclic) bond motifs is 1. The van der Waals surface area contributed by atoms with Crippen LogP contribution < -0.4 is 19.1 Å². The highest BCUT2D eigenvalue weighted by Crippen LogP contribution is 2.57. The lowest BCUT2D eigenvalue weighted by molar-refractivity contribution is -0.953. The van der Waals surface area contributed by atoms with E-state index in [4.69, 9.17) is 16.3 Å². The number of methoxy groups -OCH3 is 1. The van der Waals surface area contributed by atoms with E-state index in [0.717, 1.165) is 18.2 Å². The molecule has 5 rings (SSSR count). The number of hydrogen-bond acceptors (Lipinski definition) is 7. The first kappa shape index (κ1) is 33.5. The van der Waals surface area contributed by atoms with E-state index in [2.05, 4.69) is 10.1 Å². The van der Waals surface area contributed by atoms with Crippen LogP contribution in [0, 0.1) is 13.8 Å². The standard InChI is InChI=1S/C31H31ClF3N3O7S/c1-17-6-7-18(2)22(12-17)30(38(4)16-20(39)14-25(38)28(40)36-3)23-13-19(32)8-10-24(23)37(29(30)41)46(42,43)27-11-9-21(44-5)15-26(27)45-31(33,34)35/h6-13,15,20,25,39H,14,16H2,1-5H3/p+1/t20-,25+,30?,38?/m1/s1. The molecule has 2 amide bonds. The molecule has 3 aromatic carbocycles. The third kappa shape index (κ3) is 5.07. The predicted molar refractivity (Wildman–Crippen MR) is 162 cm³/mol. The van der Waals surface area contributed by atoms with Gasteiger partial charge < -0.3 is 19.9 Å². The van der Waals surface area contributed by atoms with Crippen molar-refractivity contribution >= 4 is 39.1 Å². The van der Waals surface area contributed by atoms with E-state index in [9.17, 15) is 31.5 Å². The fourth-order valence-electron chi connectivity index (χ4n) is 6.90. The van der Waals surface area contributed by atoms with Crippen LogP contribution in [0.3, 0.4) is 0 Å². The van der Waals surface area contributed by atoms with Crippen LogP contribution in [0.5, 0.6) is 11.5 Å². The van der Waals surface area contributed by atoms with Crippen molar-refractivity contribution in [2.45, 2.75) is 49.2 Å². The molecule has 3 aromatic rings. The van der Waals surface area contributed by atoms with Gasteiger partial charge in [-0.1, -0.05) is 29.3 Å². The van der Waals surface area contributed by atoms with Crippen molar-refractivity contribution in [2.75, 3.05) is 32.1 Å². The Morgan fingerprint density at radius 1 is 1.11 bits per heavy atom. The van der Waals surface area contributed by atoms with Crippen molar-refractivity contribution in [1.82, 2.24) is 5.32 Å². The quantitative estimate of drug-likeness (QED) is 0.359. The number of hydrogen-bond donors (Lipinski definition) is 2. The van der Waals surface area contributed by atoms with Crippen LogP contribution in [0.4, 0.5) is 18.9 Å². The average molecular weight is 683 g/mol. The van der Waals surface area contributed by atoms with Gasteiger partial charge in [-0.2, -0.15) is 4.31 Å². The van der Waals surface area contributed by atoms with Crippen LogP contribution in [0.1, 0.15) is 28.7 Å². The molecule has 0 saturated carbocycles. The van der Waals surface area contributed by atoms with Crippen molar-refractivity contribution in [1.29, 1.82) is 0 Å². The van der Waals surface area contributed by atoms with Crippen molar-refractivity contribution < 1.29 is 50.2 Å².